The van der Waals surface area contributed by atoms with Crippen LogP contribution in [0.2, 0.25) is 0 Å². The van der Waals surface area contributed by atoms with E-state index >= 15 is 0 Å². The number of benzene rings is 2. The highest BCUT2D eigenvalue weighted by atomic mass is 79.9. The fourth-order valence-corrected chi connectivity index (χ4v) is 1.99. The van der Waals surface area contributed by atoms with Crippen LogP contribution in [0.4, 0.5) is 0 Å². The third kappa shape index (κ3) is 4.20. The van der Waals surface area contributed by atoms with Crippen LogP contribution in [0.3, 0.4) is 0 Å². The summed E-state index contributed by atoms with van der Waals surface area (Å²) in [5, 5.41) is 17.6. The summed E-state index contributed by atoms with van der Waals surface area (Å²) in [5.74, 6) is -0.0237. The van der Waals surface area contributed by atoms with E-state index < -0.39 is 5.97 Å². The van der Waals surface area contributed by atoms with Crippen LogP contribution in [-0.2, 0) is 4.79 Å². The number of nitrogens with zero attached hydrogens (tertiary/aromatic N) is 1. The monoisotopic (exact) mass is 343 g/mol. The van der Waals surface area contributed by atoms with Crippen LogP contribution in [0.15, 0.2) is 53.0 Å². The number of rotatable bonds is 4. The van der Waals surface area contributed by atoms with Gasteiger partial charge in [0.05, 0.1) is 11.6 Å². The first-order valence-electron chi connectivity index (χ1n) is 5.97. The van der Waals surface area contributed by atoms with Gasteiger partial charge in [0.1, 0.15) is 11.5 Å². The molecule has 104 valence electrons. The van der Waals surface area contributed by atoms with Crippen molar-refractivity contribution in [3.63, 3.8) is 0 Å². The van der Waals surface area contributed by atoms with Gasteiger partial charge < -0.3 is 9.84 Å². The average Bonchev–Trinajstić information content (AvgIpc) is 2.46. The predicted molar refractivity (Wildman–Crippen MR) is 82.0 cm³/mol. The lowest BCUT2D eigenvalue weighted by molar-refractivity contribution is -0.131. The van der Waals surface area contributed by atoms with Crippen LogP contribution in [0.1, 0.15) is 11.1 Å². The Morgan fingerprint density at radius 1 is 1.29 bits per heavy atom. The molecule has 0 fully saturated rings. The maximum Gasteiger partial charge on any atom is 0.328 e. The van der Waals surface area contributed by atoms with Gasteiger partial charge in [-0.2, -0.15) is 5.26 Å². The lowest BCUT2D eigenvalue weighted by Gasteiger charge is -2.09. The van der Waals surface area contributed by atoms with Crippen molar-refractivity contribution < 1.29 is 14.6 Å². The zero-order valence-corrected chi connectivity index (χ0v) is 12.4. The summed E-state index contributed by atoms with van der Waals surface area (Å²) in [7, 11) is 0. The lowest BCUT2D eigenvalue weighted by atomic mass is 10.2. The summed E-state index contributed by atoms with van der Waals surface area (Å²) in [5.41, 5.74) is 1.12. The second-order valence-electron chi connectivity index (χ2n) is 4.10. The molecule has 4 nitrogen and oxygen atoms in total. The molecule has 0 unspecified atom stereocenters. The van der Waals surface area contributed by atoms with E-state index in [4.69, 9.17) is 15.1 Å². The molecule has 0 amide bonds. The van der Waals surface area contributed by atoms with Crippen molar-refractivity contribution in [3.8, 4) is 17.6 Å². The van der Waals surface area contributed by atoms with E-state index in [9.17, 15) is 4.79 Å². The summed E-state index contributed by atoms with van der Waals surface area (Å²) in [6, 6.07) is 14.1. The summed E-state index contributed by atoms with van der Waals surface area (Å²) in [6.07, 6.45) is 2.50. The Morgan fingerprint density at radius 2 is 2.10 bits per heavy atom. The van der Waals surface area contributed by atoms with Crippen LogP contribution < -0.4 is 4.74 Å². The van der Waals surface area contributed by atoms with E-state index in [1.54, 1.807) is 42.5 Å². The Hall–Kier alpha value is -2.58. The van der Waals surface area contributed by atoms with Crippen LogP contribution in [-0.4, -0.2) is 11.1 Å². The number of hydrogen-bond donors (Lipinski definition) is 1. The average molecular weight is 344 g/mol. The van der Waals surface area contributed by atoms with Crippen LogP contribution in [0, 0.1) is 11.3 Å². The summed E-state index contributed by atoms with van der Waals surface area (Å²) in [4.78, 5) is 10.6. The molecular weight excluding hydrogens is 334 g/mol. The molecule has 0 heterocycles. The minimum atomic E-state index is -1.03. The van der Waals surface area contributed by atoms with E-state index in [1.165, 1.54) is 6.08 Å². The van der Waals surface area contributed by atoms with Gasteiger partial charge in [0, 0.05) is 16.1 Å². The lowest BCUT2D eigenvalue weighted by Crippen LogP contribution is -1.90. The molecule has 0 aliphatic heterocycles. The Balaban J connectivity index is 2.36. The van der Waals surface area contributed by atoms with E-state index in [0.717, 1.165) is 10.5 Å². The van der Waals surface area contributed by atoms with Crippen LogP contribution in [0.25, 0.3) is 6.08 Å². The van der Waals surface area contributed by atoms with Gasteiger partial charge >= 0.3 is 5.97 Å². The van der Waals surface area contributed by atoms with Crippen LogP contribution in [0.5, 0.6) is 11.5 Å². The van der Waals surface area contributed by atoms with Crippen molar-refractivity contribution in [2.45, 2.75) is 0 Å². The number of carbonyl (C=O) groups is 1. The molecule has 0 radical (unpaired) electrons. The molecule has 1 N–H and O–H groups in total. The van der Waals surface area contributed by atoms with Crippen LogP contribution >= 0.6 is 15.9 Å². The quantitative estimate of drug-likeness (QED) is 0.844. The van der Waals surface area contributed by atoms with E-state index in [1.807, 2.05) is 6.07 Å². The zero-order valence-electron chi connectivity index (χ0n) is 10.8. The minimum absolute atomic E-state index is 0.491. The SMILES string of the molecule is N#Cc1cccc(Oc2cc(Br)ccc2/C=C/C(=O)O)c1. The highest BCUT2D eigenvalue weighted by molar-refractivity contribution is 9.10. The topological polar surface area (TPSA) is 70.3 Å². The molecule has 0 aromatic heterocycles. The molecule has 0 aliphatic carbocycles. The highest BCUT2D eigenvalue weighted by Gasteiger charge is 2.05. The third-order valence-corrected chi connectivity index (χ3v) is 3.07. The molecule has 0 bridgehead atoms. The van der Waals surface area contributed by atoms with Crippen molar-refractivity contribution in [1.29, 1.82) is 5.26 Å². The fraction of sp³-hybridized carbons (Fsp3) is 0. The molecule has 0 atom stereocenters. The molecule has 5 heteroatoms. The molecule has 2 rings (SSSR count). The van der Waals surface area contributed by atoms with Crippen molar-refractivity contribution in [2.75, 3.05) is 0 Å². The maximum atomic E-state index is 10.6. The smallest absolute Gasteiger partial charge is 0.328 e. The maximum absolute atomic E-state index is 10.6. The normalized spacial score (nSPS) is 10.3. The molecule has 2 aromatic carbocycles. The Bertz CT molecular complexity index is 747. The van der Waals surface area contributed by atoms with E-state index in [-0.39, 0.29) is 0 Å². The van der Waals surface area contributed by atoms with E-state index in [0.29, 0.717) is 22.6 Å². The Labute approximate surface area is 130 Å². The zero-order chi connectivity index (χ0) is 15.2. The Kier molecular flexibility index (Phi) is 4.75. The van der Waals surface area contributed by atoms with Gasteiger partial charge in [-0.05, 0) is 36.4 Å². The van der Waals surface area contributed by atoms with Gasteiger partial charge in [-0.15, -0.1) is 0 Å². The van der Waals surface area contributed by atoms with Crippen molar-refractivity contribution in [3.05, 3.63) is 64.1 Å². The second kappa shape index (κ2) is 6.73. The Morgan fingerprint density at radius 3 is 2.81 bits per heavy atom. The number of carboxylic acids is 1. The van der Waals surface area contributed by atoms with Gasteiger partial charge in [-0.1, -0.05) is 28.1 Å². The first-order valence-corrected chi connectivity index (χ1v) is 6.76. The minimum Gasteiger partial charge on any atom is -0.478 e. The molecule has 2 aromatic rings. The first-order chi connectivity index (χ1) is 10.1. The third-order valence-electron chi connectivity index (χ3n) is 2.57. The molecular formula is C16H10BrNO3. The van der Waals surface area contributed by atoms with Gasteiger partial charge in [0.25, 0.3) is 0 Å². The van der Waals surface area contributed by atoms with Crippen molar-refractivity contribution >= 4 is 28.0 Å². The predicted octanol–water partition coefficient (Wildman–Crippen LogP) is 4.21. The number of halogens is 1. The first kappa shape index (κ1) is 14.8. The fourth-order valence-electron chi connectivity index (χ4n) is 1.65. The molecule has 0 saturated heterocycles. The van der Waals surface area contributed by atoms with Crippen molar-refractivity contribution in [2.24, 2.45) is 0 Å². The molecule has 0 aliphatic rings. The largest absolute Gasteiger partial charge is 0.478 e. The highest BCUT2D eigenvalue weighted by Crippen LogP contribution is 2.30. The summed E-state index contributed by atoms with van der Waals surface area (Å²) >= 11 is 3.35. The molecule has 0 saturated carbocycles. The van der Waals surface area contributed by atoms with Gasteiger partial charge in [0.15, 0.2) is 0 Å². The standard InChI is InChI=1S/C16H10BrNO3/c17-13-6-4-12(5-7-16(19)20)15(9-13)21-14-3-1-2-11(8-14)10-18/h1-9H,(H,19,20)/b7-5+. The number of nitriles is 1. The van der Waals surface area contributed by atoms with Gasteiger partial charge in [-0.25, -0.2) is 4.79 Å². The number of carboxylic acid groups (broad SMARTS) is 1. The molecule has 21 heavy (non-hydrogen) atoms. The number of ether oxygens (including phenoxy) is 1. The van der Waals surface area contributed by atoms with Crippen molar-refractivity contribution in [1.82, 2.24) is 0 Å². The number of aliphatic carboxylic acids is 1. The summed E-state index contributed by atoms with van der Waals surface area (Å²) < 4.78 is 6.55. The second-order valence-corrected chi connectivity index (χ2v) is 5.01. The van der Waals surface area contributed by atoms with Gasteiger partial charge in [0.2, 0.25) is 0 Å². The van der Waals surface area contributed by atoms with E-state index in [2.05, 4.69) is 15.9 Å². The number of hydrogen-bond acceptors (Lipinski definition) is 3. The summed E-state index contributed by atoms with van der Waals surface area (Å²) in [6.45, 7) is 0. The van der Waals surface area contributed by atoms with Gasteiger partial charge in [-0.3, -0.25) is 0 Å². The molecule has 0 spiro atoms.